The van der Waals surface area contributed by atoms with Gasteiger partial charge in [-0.3, -0.25) is 14.8 Å². The number of aromatic nitrogens is 3. The Morgan fingerprint density at radius 1 is 1.53 bits per heavy atom. The van der Waals surface area contributed by atoms with Crippen LogP contribution in [0.5, 0.6) is 0 Å². The van der Waals surface area contributed by atoms with E-state index in [2.05, 4.69) is 10.1 Å². The quantitative estimate of drug-likeness (QED) is 0.605. The zero-order chi connectivity index (χ0) is 13.8. The fourth-order valence-corrected chi connectivity index (χ4v) is 1.89. The molecule has 0 atom stereocenters. The number of hydrogen-bond donors (Lipinski definition) is 0. The second-order valence-electron chi connectivity index (χ2n) is 4.14. The van der Waals surface area contributed by atoms with Crippen molar-refractivity contribution >= 4 is 11.5 Å². The van der Waals surface area contributed by atoms with Crippen LogP contribution in [0.2, 0.25) is 0 Å². The van der Waals surface area contributed by atoms with Crippen molar-refractivity contribution in [2.75, 3.05) is 11.4 Å². The van der Waals surface area contributed by atoms with Crippen molar-refractivity contribution in [1.82, 2.24) is 14.8 Å². The van der Waals surface area contributed by atoms with Crippen molar-refractivity contribution < 1.29 is 4.92 Å². The molecule has 2 aromatic heterocycles. The van der Waals surface area contributed by atoms with Crippen molar-refractivity contribution in [3.63, 3.8) is 0 Å². The lowest BCUT2D eigenvalue weighted by Gasteiger charge is -2.20. The minimum Gasteiger partial charge on any atom is -0.347 e. The summed E-state index contributed by atoms with van der Waals surface area (Å²) >= 11 is 0. The number of pyridine rings is 1. The minimum absolute atomic E-state index is 0.0215. The van der Waals surface area contributed by atoms with Crippen LogP contribution in [0, 0.1) is 10.1 Å². The maximum atomic E-state index is 11.0. The van der Waals surface area contributed by atoms with Gasteiger partial charge in [0, 0.05) is 44.2 Å². The van der Waals surface area contributed by atoms with Crippen molar-refractivity contribution in [3.05, 3.63) is 46.4 Å². The molecule has 100 valence electrons. The topological polar surface area (TPSA) is 77.1 Å². The van der Waals surface area contributed by atoms with Gasteiger partial charge in [0.1, 0.15) is 0 Å². The van der Waals surface area contributed by atoms with E-state index in [0.717, 1.165) is 5.56 Å². The minimum atomic E-state index is -0.408. The molecule has 19 heavy (non-hydrogen) atoms. The van der Waals surface area contributed by atoms with Gasteiger partial charge in [-0.1, -0.05) is 0 Å². The van der Waals surface area contributed by atoms with Crippen LogP contribution in [-0.2, 0) is 13.6 Å². The number of rotatable bonds is 5. The zero-order valence-electron chi connectivity index (χ0n) is 10.9. The number of hydrogen-bond acceptors (Lipinski definition) is 5. The molecule has 0 amide bonds. The van der Waals surface area contributed by atoms with Gasteiger partial charge in [0.25, 0.3) is 0 Å². The molecular formula is C12H15N5O2. The number of aryl methyl sites for hydroxylation is 1. The first-order chi connectivity index (χ1) is 9.11. The highest BCUT2D eigenvalue weighted by atomic mass is 16.6. The summed E-state index contributed by atoms with van der Waals surface area (Å²) in [5.41, 5.74) is 1.01. The van der Waals surface area contributed by atoms with Crippen LogP contribution in [0.3, 0.4) is 0 Å². The van der Waals surface area contributed by atoms with Gasteiger partial charge < -0.3 is 4.90 Å². The van der Waals surface area contributed by atoms with E-state index in [9.17, 15) is 10.1 Å². The van der Waals surface area contributed by atoms with E-state index in [1.807, 2.05) is 25.1 Å². The summed E-state index contributed by atoms with van der Waals surface area (Å²) in [6, 6.07) is 3.04. The van der Waals surface area contributed by atoms with Crippen LogP contribution in [-0.4, -0.2) is 26.2 Å². The fourth-order valence-electron chi connectivity index (χ4n) is 1.89. The smallest absolute Gasteiger partial charge is 0.311 e. The molecular weight excluding hydrogens is 246 g/mol. The Labute approximate surface area is 110 Å². The Morgan fingerprint density at radius 2 is 2.32 bits per heavy atom. The average molecular weight is 261 g/mol. The van der Waals surface area contributed by atoms with Crippen molar-refractivity contribution in [2.24, 2.45) is 7.05 Å². The van der Waals surface area contributed by atoms with E-state index in [4.69, 9.17) is 0 Å². The molecule has 7 nitrogen and oxygen atoms in total. The largest absolute Gasteiger partial charge is 0.347 e. The zero-order valence-corrected chi connectivity index (χ0v) is 10.9. The molecule has 0 bridgehead atoms. The van der Waals surface area contributed by atoms with Crippen molar-refractivity contribution in [2.45, 2.75) is 13.5 Å². The summed E-state index contributed by atoms with van der Waals surface area (Å²) in [7, 11) is 1.84. The lowest BCUT2D eigenvalue weighted by atomic mass is 10.3. The molecule has 2 rings (SSSR count). The molecule has 0 fully saturated rings. The maximum absolute atomic E-state index is 11.0. The van der Waals surface area contributed by atoms with E-state index in [1.54, 1.807) is 23.1 Å². The molecule has 0 aliphatic rings. The molecule has 0 aliphatic heterocycles. The molecule has 0 spiro atoms. The van der Waals surface area contributed by atoms with Crippen LogP contribution in [0.1, 0.15) is 12.5 Å². The first kappa shape index (κ1) is 13.0. The molecule has 0 radical (unpaired) electrons. The summed E-state index contributed by atoms with van der Waals surface area (Å²) < 4.78 is 1.70. The average Bonchev–Trinajstić information content (AvgIpc) is 2.81. The standard InChI is InChI=1S/C12H15N5O2/c1-3-16(9-10-7-14-15(2)8-10)12-11(17(18)19)5-4-6-13-12/h4-8H,3,9H2,1-2H3. The van der Waals surface area contributed by atoms with Crippen LogP contribution < -0.4 is 4.90 Å². The first-order valence-electron chi connectivity index (χ1n) is 5.93. The van der Waals surface area contributed by atoms with Crippen molar-refractivity contribution in [3.8, 4) is 0 Å². The Kier molecular flexibility index (Phi) is 3.74. The van der Waals surface area contributed by atoms with E-state index >= 15 is 0 Å². The predicted molar refractivity (Wildman–Crippen MR) is 70.8 cm³/mol. The predicted octanol–water partition coefficient (Wildman–Crippen LogP) is 1.75. The Hall–Kier alpha value is -2.44. The molecule has 0 N–H and O–H groups in total. The van der Waals surface area contributed by atoms with Gasteiger partial charge in [0.2, 0.25) is 5.82 Å². The summed E-state index contributed by atoms with van der Waals surface area (Å²) in [6.07, 6.45) is 5.20. The van der Waals surface area contributed by atoms with Crippen LogP contribution in [0.25, 0.3) is 0 Å². The molecule has 7 heteroatoms. The van der Waals surface area contributed by atoms with Gasteiger partial charge in [0.15, 0.2) is 0 Å². The fraction of sp³-hybridized carbons (Fsp3) is 0.333. The Morgan fingerprint density at radius 3 is 2.89 bits per heavy atom. The van der Waals surface area contributed by atoms with Gasteiger partial charge >= 0.3 is 5.69 Å². The van der Waals surface area contributed by atoms with Gasteiger partial charge in [-0.25, -0.2) is 4.98 Å². The second kappa shape index (κ2) is 5.47. The summed E-state index contributed by atoms with van der Waals surface area (Å²) in [5, 5.41) is 15.1. The molecule has 2 heterocycles. The lowest BCUT2D eigenvalue weighted by Crippen LogP contribution is -2.23. The molecule has 2 aromatic rings. The van der Waals surface area contributed by atoms with Gasteiger partial charge in [-0.2, -0.15) is 5.10 Å². The van der Waals surface area contributed by atoms with Crippen LogP contribution >= 0.6 is 0 Å². The molecule has 0 unspecified atom stereocenters. The Bertz CT molecular complexity index is 581. The number of nitro groups is 1. The van der Waals surface area contributed by atoms with Crippen molar-refractivity contribution in [1.29, 1.82) is 0 Å². The summed E-state index contributed by atoms with van der Waals surface area (Å²) in [6.45, 7) is 3.11. The number of nitrogens with zero attached hydrogens (tertiary/aromatic N) is 5. The highest BCUT2D eigenvalue weighted by molar-refractivity contribution is 5.57. The van der Waals surface area contributed by atoms with Gasteiger partial charge in [0.05, 0.1) is 11.1 Å². The molecule has 0 aromatic carbocycles. The van der Waals surface area contributed by atoms with E-state index in [0.29, 0.717) is 18.9 Å². The lowest BCUT2D eigenvalue weighted by molar-refractivity contribution is -0.384. The van der Waals surface area contributed by atoms with Crippen LogP contribution in [0.4, 0.5) is 11.5 Å². The van der Waals surface area contributed by atoms with Crippen LogP contribution in [0.15, 0.2) is 30.7 Å². The van der Waals surface area contributed by atoms with E-state index in [1.165, 1.54) is 6.07 Å². The van der Waals surface area contributed by atoms with E-state index < -0.39 is 4.92 Å². The Balaban J connectivity index is 2.29. The van der Waals surface area contributed by atoms with Gasteiger partial charge in [-0.15, -0.1) is 0 Å². The highest BCUT2D eigenvalue weighted by Crippen LogP contribution is 2.25. The normalized spacial score (nSPS) is 10.4. The highest BCUT2D eigenvalue weighted by Gasteiger charge is 2.19. The third kappa shape index (κ3) is 2.87. The monoisotopic (exact) mass is 261 g/mol. The SMILES string of the molecule is CCN(Cc1cnn(C)c1)c1ncccc1[N+](=O)[O-]. The third-order valence-corrected chi connectivity index (χ3v) is 2.78. The molecule has 0 saturated heterocycles. The number of anilines is 1. The second-order valence-corrected chi connectivity index (χ2v) is 4.14. The summed E-state index contributed by atoms with van der Waals surface area (Å²) in [4.78, 5) is 16.6. The molecule has 0 saturated carbocycles. The maximum Gasteiger partial charge on any atom is 0.311 e. The molecule has 0 aliphatic carbocycles. The summed E-state index contributed by atoms with van der Waals surface area (Å²) in [5.74, 6) is 0.388. The third-order valence-electron chi connectivity index (χ3n) is 2.78. The van der Waals surface area contributed by atoms with Gasteiger partial charge in [-0.05, 0) is 13.0 Å². The first-order valence-corrected chi connectivity index (χ1v) is 5.93. The van der Waals surface area contributed by atoms with E-state index in [-0.39, 0.29) is 5.69 Å².